The highest BCUT2D eigenvalue weighted by atomic mass is 19.4. The molecule has 1 saturated heterocycles. The maximum atomic E-state index is 11.8. The minimum absolute atomic E-state index is 0.193. The zero-order valence-electron chi connectivity index (χ0n) is 6.40. The molecule has 0 spiro atoms. The Balaban J connectivity index is 2.51. The van der Waals surface area contributed by atoms with E-state index in [2.05, 4.69) is 0 Å². The van der Waals surface area contributed by atoms with Gasteiger partial charge in [0.15, 0.2) is 0 Å². The van der Waals surface area contributed by atoms with Crippen molar-refractivity contribution in [3.05, 3.63) is 6.42 Å². The second-order valence-electron chi connectivity index (χ2n) is 2.66. The van der Waals surface area contributed by atoms with Crippen molar-refractivity contribution in [1.82, 2.24) is 4.90 Å². The highest BCUT2D eigenvalue weighted by Crippen LogP contribution is 2.20. The summed E-state index contributed by atoms with van der Waals surface area (Å²) in [5, 5.41) is 0. The van der Waals surface area contributed by atoms with Crippen LogP contribution in [0.25, 0.3) is 0 Å². The number of alkyl halides is 3. The van der Waals surface area contributed by atoms with E-state index in [1.807, 2.05) is 6.42 Å². The molecule has 0 unspecified atom stereocenters. The minimum atomic E-state index is -4.71. The number of likely N-dealkylation sites (tertiary alicyclic amines) is 1. The molecule has 0 N–H and O–H groups in total. The van der Waals surface area contributed by atoms with E-state index in [1.54, 1.807) is 0 Å². The van der Waals surface area contributed by atoms with Crippen LogP contribution in [-0.4, -0.2) is 30.1 Å². The van der Waals surface area contributed by atoms with E-state index in [9.17, 15) is 18.0 Å². The molecule has 1 rings (SSSR count). The Kier molecular flexibility index (Phi) is 2.59. The fraction of sp³-hybridized carbons (Fsp3) is 0.714. The van der Waals surface area contributed by atoms with E-state index in [0.717, 1.165) is 4.90 Å². The van der Waals surface area contributed by atoms with Gasteiger partial charge in [-0.05, 0) is 19.3 Å². The lowest BCUT2D eigenvalue weighted by molar-refractivity contribution is -0.185. The third kappa shape index (κ3) is 2.12. The Hall–Kier alpha value is -0.740. The number of carbonyl (C=O) groups excluding carboxylic acids is 1. The summed E-state index contributed by atoms with van der Waals surface area (Å²) in [6, 6.07) is 0. The van der Waals surface area contributed by atoms with Crippen LogP contribution < -0.4 is 0 Å². The summed E-state index contributed by atoms with van der Waals surface area (Å²) in [6.45, 7) is 0.386. The molecule has 0 aliphatic carbocycles. The van der Waals surface area contributed by atoms with E-state index in [0.29, 0.717) is 12.8 Å². The van der Waals surface area contributed by atoms with E-state index < -0.39 is 12.1 Å². The van der Waals surface area contributed by atoms with E-state index in [4.69, 9.17) is 0 Å². The third-order valence-corrected chi connectivity index (χ3v) is 1.74. The lowest BCUT2D eigenvalue weighted by atomic mass is 10.1. The van der Waals surface area contributed by atoms with Gasteiger partial charge in [0.25, 0.3) is 0 Å². The van der Waals surface area contributed by atoms with Crippen molar-refractivity contribution < 1.29 is 18.0 Å². The van der Waals surface area contributed by atoms with E-state index >= 15 is 0 Å². The molecule has 2 nitrogen and oxygen atoms in total. The first kappa shape index (κ1) is 9.35. The second kappa shape index (κ2) is 3.33. The molecule has 5 heteroatoms. The van der Waals surface area contributed by atoms with Gasteiger partial charge in [0, 0.05) is 13.1 Å². The van der Waals surface area contributed by atoms with Crippen LogP contribution in [0.5, 0.6) is 0 Å². The number of piperidine rings is 1. The highest BCUT2D eigenvalue weighted by Gasteiger charge is 2.42. The topological polar surface area (TPSA) is 20.3 Å². The molecule has 1 heterocycles. The van der Waals surface area contributed by atoms with Crippen LogP contribution in [0.2, 0.25) is 0 Å². The second-order valence-corrected chi connectivity index (χ2v) is 2.66. The van der Waals surface area contributed by atoms with Crippen LogP contribution >= 0.6 is 0 Å². The van der Waals surface area contributed by atoms with Gasteiger partial charge >= 0.3 is 12.1 Å². The minimum Gasteiger partial charge on any atom is -0.335 e. The molecule has 12 heavy (non-hydrogen) atoms. The lowest BCUT2D eigenvalue weighted by Gasteiger charge is -2.26. The van der Waals surface area contributed by atoms with Gasteiger partial charge in [0.1, 0.15) is 0 Å². The number of halogens is 3. The van der Waals surface area contributed by atoms with Crippen molar-refractivity contribution in [1.29, 1.82) is 0 Å². The SMILES string of the molecule is O=C(N1CC[CH]CC1)C(F)(F)F. The van der Waals surface area contributed by atoms with Crippen molar-refractivity contribution in [3.63, 3.8) is 0 Å². The van der Waals surface area contributed by atoms with Crippen LogP contribution in [0.15, 0.2) is 0 Å². The fourth-order valence-electron chi connectivity index (χ4n) is 1.13. The van der Waals surface area contributed by atoms with E-state index in [-0.39, 0.29) is 13.1 Å². The number of hydrogen-bond donors (Lipinski definition) is 0. The van der Waals surface area contributed by atoms with Gasteiger partial charge in [0.05, 0.1) is 0 Å². The maximum absolute atomic E-state index is 11.8. The Labute approximate surface area is 68.3 Å². The van der Waals surface area contributed by atoms with Gasteiger partial charge < -0.3 is 4.90 Å². The zero-order valence-corrected chi connectivity index (χ0v) is 6.40. The van der Waals surface area contributed by atoms with E-state index in [1.165, 1.54) is 0 Å². The molecule has 1 radical (unpaired) electrons. The first-order chi connectivity index (χ1) is 5.52. The van der Waals surface area contributed by atoms with Gasteiger partial charge in [-0.3, -0.25) is 4.79 Å². The molecule has 0 aromatic carbocycles. The number of amides is 1. The molecule has 1 amide bonds. The van der Waals surface area contributed by atoms with Gasteiger partial charge in [-0.1, -0.05) is 0 Å². The number of carbonyl (C=O) groups is 1. The largest absolute Gasteiger partial charge is 0.471 e. The molecule has 1 aliphatic rings. The summed E-state index contributed by atoms with van der Waals surface area (Å²) in [5.74, 6) is -1.71. The molecular formula is C7H9F3NO. The van der Waals surface area contributed by atoms with Gasteiger partial charge in [0.2, 0.25) is 0 Å². The fourth-order valence-corrected chi connectivity index (χ4v) is 1.13. The zero-order chi connectivity index (χ0) is 9.19. The van der Waals surface area contributed by atoms with Crippen LogP contribution in [0.1, 0.15) is 12.8 Å². The van der Waals surface area contributed by atoms with Crippen molar-refractivity contribution in [3.8, 4) is 0 Å². The molecule has 1 aliphatic heterocycles. The predicted octanol–water partition coefficient (Wildman–Crippen LogP) is 1.38. The third-order valence-electron chi connectivity index (χ3n) is 1.74. The van der Waals surface area contributed by atoms with Crippen molar-refractivity contribution in [2.24, 2.45) is 0 Å². The molecule has 0 atom stereocenters. The van der Waals surface area contributed by atoms with Gasteiger partial charge in [-0.25, -0.2) is 0 Å². The molecule has 0 bridgehead atoms. The molecule has 0 saturated carbocycles. The summed E-state index contributed by atoms with van der Waals surface area (Å²) in [7, 11) is 0. The number of nitrogens with zero attached hydrogens (tertiary/aromatic N) is 1. The number of hydrogen-bond acceptors (Lipinski definition) is 1. The summed E-state index contributed by atoms with van der Waals surface area (Å²) < 4.78 is 35.5. The highest BCUT2D eigenvalue weighted by molar-refractivity contribution is 5.81. The molecule has 69 valence electrons. The first-order valence-corrected chi connectivity index (χ1v) is 3.69. The first-order valence-electron chi connectivity index (χ1n) is 3.69. The molecular weight excluding hydrogens is 171 g/mol. The Morgan fingerprint density at radius 2 is 1.75 bits per heavy atom. The summed E-state index contributed by atoms with van der Waals surface area (Å²) in [4.78, 5) is 11.5. The number of rotatable bonds is 0. The molecule has 1 fully saturated rings. The van der Waals surface area contributed by atoms with Crippen molar-refractivity contribution >= 4 is 5.91 Å². The predicted molar refractivity (Wildman–Crippen MR) is 36.2 cm³/mol. The Bertz CT molecular complexity index is 172. The van der Waals surface area contributed by atoms with Crippen molar-refractivity contribution in [2.75, 3.05) is 13.1 Å². The van der Waals surface area contributed by atoms with Crippen LogP contribution in [0.3, 0.4) is 0 Å². The normalized spacial score (nSPS) is 19.4. The summed E-state index contributed by atoms with van der Waals surface area (Å²) >= 11 is 0. The Morgan fingerprint density at radius 3 is 2.17 bits per heavy atom. The molecule has 0 aromatic heterocycles. The quantitative estimate of drug-likeness (QED) is 0.551. The lowest BCUT2D eigenvalue weighted by Crippen LogP contribution is -2.43. The average molecular weight is 180 g/mol. The van der Waals surface area contributed by atoms with Crippen LogP contribution in [0, 0.1) is 6.42 Å². The Morgan fingerprint density at radius 1 is 1.25 bits per heavy atom. The smallest absolute Gasteiger partial charge is 0.335 e. The summed E-state index contributed by atoms with van der Waals surface area (Å²) in [6.07, 6.45) is -1.71. The molecule has 0 aromatic rings. The standard InChI is InChI=1S/C7H9F3NO/c8-7(9,10)6(12)11-4-2-1-3-5-11/h1H,2-5H2. The van der Waals surface area contributed by atoms with Gasteiger partial charge in [-0.15, -0.1) is 0 Å². The monoisotopic (exact) mass is 180 g/mol. The van der Waals surface area contributed by atoms with Crippen molar-refractivity contribution in [2.45, 2.75) is 19.0 Å². The van der Waals surface area contributed by atoms with Crippen LogP contribution in [0.4, 0.5) is 13.2 Å². The van der Waals surface area contributed by atoms with Gasteiger partial charge in [-0.2, -0.15) is 13.2 Å². The average Bonchev–Trinajstić information content (AvgIpc) is 2.03. The maximum Gasteiger partial charge on any atom is 0.471 e. The summed E-state index contributed by atoms with van der Waals surface area (Å²) in [5.41, 5.74) is 0. The van der Waals surface area contributed by atoms with Crippen LogP contribution in [-0.2, 0) is 4.79 Å².